The number of nitrogens with zero attached hydrogens (tertiary/aromatic N) is 1. The summed E-state index contributed by atoms with van der Waals surface area (Å²) in [7, 11) is 0. The van der Waals surface area contributed by atoms with Gasteiger partial charge in [0.2, 0.25) is 0 Å². The number of hydrogen-bond acceptors (Lipinski definition) is 4. The van der Waals surface area contributed by atoms with Gasteiger partial charge in [-0.1, -0.05) is 19.8 Å². The molecule has 0 aromatic carbocycles. The number of thiazole rings is 1. The van der Waals surface area contributed by atoms with Crippen LogP contribution < -0.4 is 5.32 Å². The van der Waals surface area contributed by atoms with Crippen molar-refractivity contribution < 1.29 is 0 Å². The zero-order valence-corrected chi connectivity index (χ0v) is 14.0. The molecule has 19 heavy (non-hydrogen) atoms. The molecule has 1 aliphatic rings. The van der Waals surface area contributed by atoms with Crippen LogP contribution in [0.5, 0.6) is 0 Å². The predicted molar refractivity (Wildman–Crippen MR) is 87.5 cm³/mol. The number of hydrogen-bond donors (Lipinski definition) is 1. The van der Waals surface area contributed by atoms with Crippen LogP contribution in [0.25, 0.3) is 0 Å². The van der Waals surface area contributed by atoms with Crippen LogP contribution in [-0.2, 0) is 6.42 Å². The van der Waals surface area contributed by atoms with Crippen molar-refractivity contribution in [2.75, 3.05) is 12.3 Å². The molecule has 2 nitrogen and oxygen atoms in total. The molecule has 1 unspecified atom stereocenters. The third-order valence-electron chi connectivity index (χ3n) is 3.82. The molecule has 1 heterocycles. The van der Waals surface area contributed by atoms with Crippen molar-refractivity contribution in [3.63, 3.8) is 0 Å². The van der Waals surface area contributed by atoms with Gasteiger partial charge in [0.05, 0.1) is 10.7 Å². The van der Waals surface area contributed by atoms with Crippen molar-refractivity contribution in [2.45, 2.75) is 64.2 Å². The SMILES string of the molecule is CCNC(CSC1CCCC1)Cc1nc(C)c(C)s1. The third-order valence-corrected chi connectivity index (χ3v) is 6.45. The number of rotatable bonds is 7. The van der Waals surface area contributed by atoms with Gasteiger partial charge in [-0.05, 0) is 33.2 Å². The Morgan fingerprint density at radius 1 is 1.37 bits per heavy atom. The summed E-state index contributed by atoms with van der Waals surface area (Å²) < 4.78 is 0. The highest BCUT2D eigenvalue weighted by Gasteiger charge is 2.18. The molecule has 2 rings (SSSR count). The molecule has 4 heteroatoms. The largest absolute Gasteiger partial charge is 0.313 e. The van der Waals surface area contributed by atoms with Crippen LogP contribution in [0.1, 0.15) is 48.2 Å². The minimum atomic E-state index is 0.584. The fourth-order valence-corrected chi connectivity index (χ4v) is 5.04. The molecule has 0 bridgehead atoms. The number of aryl methyl sites for hydroxylation is 2. The Kier molecular flexibility index (Phi) is 6.17. The van der Waals surface area contributed by atoms with E-state index in [0.29, 0.717) is 6.04 Å². The van der Waals surface area contributed by atoms with Gasteiger partial charge in [0.25, 0.3) is 0 Å². The highest BCUT2D eigenvalue weighted by molar-refractivity contribution is 7.99. The summed E-state index contributed by atoms with van der Waals surface area (Å²) >= 11 is 4.04. The van der Waals surface area contributed by atoms with Gasteiger partial charge < -0.3 is 5.32 Å². The van der Waals surface area contributed by atoms with Gasteiger partial charge in [-0.15, -0.1) is 11.3 Å². The second-order valence-electron chi connectivity index (χ2n) is 5.45. The quantitative estimate of drug-likeness (QED) is 0.825. The zero-order valence-electron chi connectivity index (χ0n) is 12.4. The number of nitrogens with one attached hydrogen (secondary N) is 1. The molecule has 1 aliphatic carbocycles. The van der Waals surface area contributed by atoms with Crippen molar-refractivity contribution in [3.8, 4) is 0 Å². The average Bonchev–Trinajstić information content (AvgIpc) is 2.98. The first-order chi connectivity index (χ1) is 9.19. The summed E-state index contributed by atoms with van der Waals surface area (Å²) in [6, 6.07) is 0.584. The maximum atomic E-state index is 4.68. The van der Waals surface area contributed by atoms with Gasteiger partial charge in [0, 0.05) is 28.3 Å². The van der Waals surface area contributed by atoms with Crippen molar-refractivity contribution >= 4 is 23.1 Å². The fourth-order valence-electron chi connectivity index (χ4n) is 2.62. The number of thioether (sulfide) groups is 1. The zero-order chi connectivity index (χ0) is 13.7. The lowest BCUT2D eigenvalue weighted by molar-refractivity contribution is 0.570. The lowest BCUT2D eigenvalue weighted by atomic mass is 10.2. The summed E-state index contributed by atoms with van der Waals surface area (Å²) in [5, 5.41) is 5.85. The molecule has 1 atom stereocenters. The second-order valence-corrected chi connectivity index (χ2v) is 8.07. The lowest BCUT2D eigenvalue weighted by Crippen LogP contribution is -2.33. The highest BCUT2D eigenvalue weighted by atomic mass is 32.2. The van der Waals surface area contributed by atoms with E-state index in [4.69, 9.17) is 0 Å². The van der Waals surface area contributed by atoms with E-state index >= 15 is 0 Å². The molecule has 0 radical (unpaired) electrons. The lowest BCUT2D eigenvalue weighted by Gasteiger charge is -2.18. The molecule has 0 saturated heterocycles. The monoisotopic (exact) mass is 298 g/mol. The Labute approximate surface area is 125 Å². The summed E-state index contributed by atoms with van der Waals surface area (Å²) in [5.41, 5.74) is 1.21. The minimum absolute atomic E-state index is 0.584. The average molecular weight is 299 g/mol. The van der Waals surface area contributed by atoms with Crippen LogP contribution >= 0.6 is 23.1 Å². The summed E-state index contributed by atoms with van der Waals surface area (Å²) in [4.78, 5) is 6.05. The van der Waals surface area contributed by atoms with Gasteiger partial charge in [-0.3, -0.25) is 0 Å². The topological polar surface area (TPSA) is 24.9 Å². The van der Waals surface area contributed by atoms with Crippen LogP contribution in [0.2, 0.25) is 0 Å². The van der Waals surface area contributed by atoms with Crippen LogP contribution in [0.4, 0.5) is 0 Å². The van der Waals surface area contributed by atoms with E-state index < -0.39 is 0 Å². The van der Waals surface area contributed by atoms with Gasteiger partial charge in [0.15, 0.2) is 0 Å². The Morgan fingerprint density at radius 3 is 2.68 bits per heavy atom. The molecule has 108 valence electrons. The third kappa shape index (κ3) is 4.76. The fraction of sp³-hybridized carbons (Fsp3) is 0.800. The highest BCUT2D eigenvalue weighted by Crippen LogP contribution is 2.30. The maximum Gasteiger partial charge on any atom is 0.0946 e. The van der Waals surface area contributed by atoms with E-state index in [1.807, 2.05) is 11.3 Å². The maximum absolute atomic E-state index is 4.68. The molecular weight excluding hydrogens is 272 g/mol. The summed E-state index contributed by atoms with van der Waals surface area (Å²) in [6.07, 6.45) is 6.83. The predicted octanol–water partition coefficient (Wildman–Crippen LogP) is 3.96. The number of aromatic nitrogens is 1. The Balaban J connectivity index is 1.84. The smallest absolute Gasteiger partial charge is 0.0946 e. The number of likely N-dealkylation sites (N-methyl/N-ethyl adjacent to an activating group) is 1. The molecule has 0 spiro atoms. The van der Waals surface area contributed by atoms with E-state index in [-0.39, 0.29) is 0 Å². The van der Waals surface area contributed by atoms with Gasteiger partial charge in [-0.2, -0.15) is 11.8 Å². The minimum Gasteiger partial charge on any atom is -0.313 e. The van der Waals surface area contributed by atoms with Crippen molar-refractivity contribution in [3.05, 3.63) is 15.6 Å². The first-order valence-corrected chi connectivity index (χ1v) is 9.33. The van der Waals surface area contributed by atoms with Gasteiger partial charge in [0.1, 0.15) is 0 Å². The molecule has 1 aromatic heterocycles. The molecule has 0 aliphatic heterocycles. The van der Waals surface area contributed by atoms with Crippen LogP contribution in [0.3, 0.4) is 0 Å². The van der Waals surface area contributed by atoms with Crippen molar-refractivity contribution in [1.82, 2.24) is 10.3 Å². The first-order valence-electron chi connectivity index (χ1n) is 7.47. The molecular formula is C15H26N2S2. The summed E-state index contributed by atoms with van der Waals surface area (Å²) in [6.45, 7) is 7.54. The summed E-state index contributed by atoms with van der Waals surface area (Å²) in [5.74, 6) is 1.23. The molecule has 1 N–H and O–H groups in total. The molecule has 0 amide bonds. The van der Waals surface area contributed by atoms with Crippen molar-refractivity contribution in [2.24, 2.45) is 0 Å². The molecule has 1 fully saturated rings. The normalized spacial score (nSPS) is 18.1. The Bertz CT molecular complexity index is 364. The standard InChI is InChI=1S/C15H26N2S2/c1-4-16-13(10-18-14-7-5-6-8-14)9-15-17-11(2)12(3)19-15/h13-14,16H,4-10H2,1-3H3. The van der Waals surface area contributed by atoms with Gasteiger partial charge in [-0.25, -0.2) is 4.98 Å². The van der Waals surface area contributed by atoms with Crippen molar-refractivity contribution in [1.29, 1.82) is 0 Å². The van der Waals surface area contributed by atoms with Crippen LogP contribution in [0.15, 0.2) is 0 Å². The first kappa shape index (κ1) is 15.3. The van der Waals surface area contributed by atoms with E-state index in [0.717, 1.165) is 18.2 Å². The second kappa shape index (κ2) is 7.65. The Hall–Kier alpha value is -0.0600. The Morgan fingerprint density at radius 2 is 2.11 bits per heavy atom. The van der Waals surface area contributed by atoms with Gasteiger partial charge >= 0.3 is 0 Å². The van der Waals surface area contributed by atoms with Crippen LogP contribution in [0, 0.1) is 13.8 Å². The molecule has 1 saturated carbocycles. The van der Waals surface area contributed by atoms with E-state index in [9.17, 15) is 0 Å². The van der Waals surface area contributed by atoms with E-state index in [1.54, 1.807) is 0 Å². The van der Waals surface area contributed by atoms with Crippen LogP contribution in [-0.4, -0.2) is 28.6 Å². The molecule has 1 aromatic rings. The van der Waals surface area contributed by atoms with E-state index in [2.05, 4.69) is 42.8 Å². The van der Waals surface area contributed by atoms with E-state index in [1.165, 1.54) is 47.0 Å².